The van der Waals surface area contributed by atoms with E-state index < -0.39 is 10.0 Å². The first-order chi connectivity index (χ1) is 14.5. The van der Waals surface area contributed by atoms with Gasteiger partial charge >= 0.3 is 0 Å². The predicted octanol–water partition coefficient (Wildman–Crippen LogP) is 3.83. The second-order valence-corrected chi connectivity index (χ2v) is 10.5. The topological polar surface area (TPSA) is 79.4 Å². The van der Waals surface area contributed by atoms with Crippen LogP contribution in [-0.2, 0) is 16.4 Å². The van der Waals surface area contributed by atoms with Crippen LogP contribution in [0.1, 0.15) is 41.0 Å². The number of hydrogen-bond donors (Lipinski definition) is 1. The van der Waals surface area contributed by atoms with Crippen LogP contribution in [-0.4, -0.2) is 43.2 Å². The van der Waals surface area contributed by atoms with Crippen molar-refractivity contribution in [1.82, 2.24) is 14.6 Å². The first-order valence-electron chi connectivity index (χ1n) is 10.3. The van der Waals surface area contributed by atoms with E-state index in [9.17, 15) is 13.2 Å². The van der Waals surface area contributed by atoms with Gasteiger partial charge in [0.05, 0.1) is 20.1 Å². The molecule has 1 aliphatic rings. The SMILES string of the molecule is O=C(NCCCc1nc2ccccc2s1)c1cccc(S(=O)(=O)N2CCCCC2)c1. The number of carbonyl (C=O) groups is 1. The van der Waals surface area contributed by atoms with E-state index >= 15 is 0 Å². The van der Waals surface area contributed by atoms with Crippen LogP contribution in [0.4, 0.5) is 0 Å². The van der Waals surface area contributed by atoms with Crippen LogP contribution in [0.5, 0.6) is 0 Å². The summed E-state index contributed by atoms with van der Waals surface area (Å²) in [5.74, 6) is -0.255. The highest BCUT2D eigenvalue weighted by molar-refractivity contribution is 7.89. The van der Waals surface area contributed by atoms with Crippen LogP contribution in [0, 0.1) is 0 Å². The second-order valence-electron chi connectivity index (χ2n) is 7.43. The van der Waals surface area contributed by atoms with Crippen LogP contribution in [0.25, 0.3) is 10.2 Å². The van der Waals surface area contributed by atoms with E-state index in [1.54, 1.807) is 29.5 Å². The fourth-order valence-corrected chi connectivity index (χ4v) is 6.20. The van der Waals surface area contributed by atoms with Crippen molar-refractivity contribution in [2.24, 2.45) is 0 Å². The van der Waals surface area contributed by atoms with Gasteiger partial charge in [-0.3, -0.25) is 4.79 Å². The molecule has 4 rings (SSSR count). The van der Waals surface area contributed by atoms with Gasteiger partial charge in [-0.15, -0.1) is 11.3 Å². The van der Waals surface area contributed by atoms with Crippen LogP contribution in [0.3, 0.4) is 0 Å². The number of sulfonamides is 1. The normalized spacial score (nSPS) is 15.3. The lowest BCUT2D eigenvalue weighted by Crippen LogP contribution is -2.35. The number of carbonyl (C=O) groups excluding carboxylic acids is 1. The maximum Gasteiger partial charge on any atom is 0.251 e. The Morgan fingerprint density at radius 3 is 2.67 bits per heavy atom. The van der Waals surface area contributed by atoms with E-state index in [0.29, 0.717) is 25.2 Å². The van der Waals surface area contributed by atoms with E-state index in [1.165, 1.54) is 15.1 Å². The molecule has 1 amide bonds. The third-order valence-corrected chi connectivity index (χ3v) is 8.23. The molecule has 1 aliphatic heterocycles. The summed E-state index contributed by atoms with van der Waals surface area (Å²) >= 11 is 1.68. The van der Waals surface area contributed by atoms with Crippen LogP contribution in [0.2, 0.25) is 0 Å². The molecule has 1 saturated heterocycles. The number of benzene rings is 2. The monoisotopic (exact) mass is 443 g/mol. The van der Waals surface area contributed by atoms with Crippen molar-refractivity contribution in [3.63, 3.8) is 0 Å². The molecule has 8 heteroatoms. The Hall–Kier alpha value is -2.29. The maximum absolute atomic E-state index is 12.8. The Labute approximate surface area is 181 Å². The summed E-state index contributed by atoms with van der Waals surface area (Å²) in [4.78, 5) is 17.3. The number of nitrogens with zero attached hydrogens (tertiary/aromatic N) is 2. The number of aryl methyl sites for hydroxylation is 1. The van der Waals surface area contributed by atoms with Crippen molar-refractivity contribution < 1.29 is 13.2 Å². The van der Waals surface area contributed by atoms with E-state index in [4.69, 9.17) is 0 Å². The summed E-state index contributed by atoms with van der Waals surface area (Å²) < 4.78 is 28.4. The third kappa shape index (κ3) is 4.71. The molecule has 0 bridgehead atoms. The molecule has 2 aromatic carbocycles. The van der Waals surface area contributed by atoms with E-state index in [2.05, 4.69) is 16.4 Å². The summed E-state index contributed by atoms with van der Waals surface area (Å²) in [5.41, 5.74) is 1.38. The average Bonchev–Trinajstić information content (AvgIpc) is 3.20. The molecule has 0 spiro atoms. The van der Waals surface area contributed by atoms with Gasteiger partial charge in [0.25, 0.3) is 5.91 Å². The van der Waals surface area contributed by atoms with Gasteiger partial charge in [0, 0.05) is 31.6 Å². The largest absolute Gasteiger partial charge is 0.352 e. The number of amides is 1. The van der Waals surface area contributed by atoms with Gasteiger partial charge in [0.15, 0.2) is 0 Å². The molecule has 2 heterocycles. The number of nitrogens with one attached hydrogen (secondary N) is 1. The fourth-order valence-electron chi connectivity index (χ4n) is 3.62. The summed E-state index contributed by atoms with van der Waals surface area (Å²) in [6.45, 7) is 1.60. The molecule has 1 aromatic heterocycles. The first kappa shape index (κ1) is 21.0. The number of thiazole rings is 1. The minimum atomic E-state index is -3.55. The minimum Gasteiger partial charge on any atom is -0.352 e. The summed E-state index contributed by atoms with van der Waals surface area (Å²) in [6.07, 6.45) is 4.40. The lowest BCUT2D eigenvalue weighted by Gasteiger charge is -2.26. The van der Waals surface area contributed by atoms with E-state index in [0.717, 1.165) is 42.6 Å². The molecule has 0 radical (unpaired) electrons. The summed E-state index contributed by atoms with van der Waals surface area (Å²) in [6, 6.07) is 14.4. The highest BCUT2D eigenvalue weighted by Crippen LogP contribution is 2.23. The van der Waals surface area contributed by atoms with Gasteiger partial charge in [0.1, 0.15) is 0 Å². The standard InChI is InChI=1S/C22H25N3O3S2/c26-22(23-13-7-12-21-24-19-10-2-3-11-20(19)29-21)17-8-6-9-18(16-17)30(27,28)25-14-4-1-5-15-25/h2-3,6,8-11,16H,1,4-5,7,12-15H2,(H,23,26). The third-order valence-electron chi connectivity index (χ3n) is 5.24. The highest BCUT2D eigenvalue weighted by Gasteiger charge is 2.26. The quantitative estimate of drug-likeness (QED) is 0.563. The molecular weight excluding hydrogens is 418 g/mol. The van der Waals surface area contributed by atoms with Crippen LogP contribution >= 0.6 is 11.3 Å². The number of rotatable bonds is 7. The Morgan fingerprint density at radius 2 is 1.87 bits per heavy atom. The maximum atomic E-state index is 12.8. The highest BCUT2D eigenvalue weighted by atomic mass is 32.2. The zero-order chi connectivity index (χ0) is 21.0. The van der Waals surface area contributed by atoms with Gasteiger partial charge in [-0.25, -0.2) is 13.4 Å². The minimum absolute atomic E-state index is 0.187. The molecule has 0 atom stereocenters. The van der Waals surface area contributed by atoms with Gasteiger partial charge < -0.3 is 5.32 Å². The molecule has 6 nitrogen and oxygen atoms in total. The molecule has 30 heavy (non-hydrogen) atoms. The van der Waals surface area contributed by atoms with Crippen LogP contribution < -0.4 is 5.32 Å². The van der Waals surface area contributed by atoms with Crippen molar-refractivity contribution in [3.8, 4) is 0 Å². The first-order valence-corrected chi connectivity index (χ1v) is 12.5. The fraction of sp³-hybridized carbons (Fsp3) is 0.364. The average molecular weight is 444 g/mol. The van der Waals surface area contributed by atoms with Gasteiger partial charge in [-0.2, -0.15) is 4.31 Å². The Balaban J connectivity index is 1.33. The lowest BCUT2D eigenvalue weighted by molar-refractivity contribution is 0.0953. The number of hydrogen-bond acceptors (Lipinski definition) is 5. The van der Waals surface area contributed by atoms with E-state index in [-0.39, 0.29) is 10.8 Å². The predicted molar refractivity (Wildman–Crippen MR) is 119 cm³/mol. The number of piperidine rings is 1. The number of para-hydroxylation sites is 1. The molecule has 158 valence electrons. The number of fused-ring (bicyclic) bond motifs is 1. The number of aromatic nitrogens is 1. The summed E-state index contributed by atoms with van der Waals surface area (Å²) in [5, 5.41) is 3.95. The molecule has 0 aliphatic carbocycles. The van der Waals surface area contributed by atoms with Crippen molar-refractivity contribution in [3.05, 3.63) is 59.1 Å². The Kier molecular flexibility index (Phi) is 6.46. The van der Waals surface area contributed by atoms with Crippen molar-refractivity contribution >= 4 is 37.5 Å². The smallest absolute Gasteiger partial charge is 0.251 e. The molecular formula is C22H25N3O3S2. The van der Waals surface area contributed by atoms with Crippen LogP contribution in [0.15, 0.2) is 53.4 Å². The van der Waals surface area contributed by atoms with Gasteiger partial charge in [-0.05, 0) is 49.6 Å². The van der Waals surface area contributed by atoms with Crippen molar-refractivity contribution in [1.29, 1.82) is 0 Å². The summed E-state index contributed by atoms with van der Waals surface area (Å²) in [7, 11) is -3.55. The molecule has 0 saturated carbocycles. The molecule has 0 unspecified atom stereocenters. The van der Waals surface area contributed by atoms with Crippen molar-refractivity contribution in [2.45, 2.75) is 37.0 Å². The van der Waals surface area contributed by atoms with E-state index in [1.807, 2.05) is 18.2 Å². The zero-order valence-electron chi connectivity index (χ0n) is 16.7. The Bertz CT molecular complexity index is 1100. The van der Waals surface area contributed by atoms with Gasteiger partial charge in [0.2, 0.25) is 10.0 Å². The molecule has 3 aromatic rings. The van der Waals surface area contributed by atoms with Gasteiger partial charge in [-0.1, -0.05) is 24.6 Å². The zero-order valence-corrected chi connectivity index (χ0v) is 18.3. The van der Waals surface area contributed by atoms with Crippen molar-refractivity contribution in [2.75, 3.05) is 19.6 Å². The second kappa shape index (κ2) is 9.24. The molecule has 1 fully saturated rings. The Morgan fingerprint density at radius 1 is 1.07 bits per heavy atom. The molecule has 1 N–H and O–H groups in total. The lowest BCUT2D eigenvalue weighted by atomic mass is 10.2.